The Hall–Kier alpha value is -5.45. The Labute approximate surface area is 330 Å². The van der Waals surface area contributed by atoms with Gasteiger partial charge in [0, 0.05) is 36.7 Å². The van der Waals surface area contributed by atoms with E-state index in [-0.39, 0.29) is 73.1 Å². The van der Waals surface area contributed by atoms with Crippen molar-refractivity contribution in [2.45, 2.75) is 57.1 Å². The number of pyridine rings is 1. The second kappa shape index (κ2) is 17.1. The second-order valence-corrected chi connectivity index (χ2v) is 15.0. The quantitative estimate of drug-likeness (QED) is 0.106. The molecule has 1 saturated heterocycles. The molecule has 5 amide bonds. The summed E-state index contributed by atoms with van der Waals surface area (Å²) >= 11 is 7.41. The number of aromatic nitrogens is 2. The van der Waals surface area contributed by atoms with E-state index in [0.717, 1.165) is 10.6 Å². The minimum atomic E-state index is -1.05. The van der Waals surface area contributed by atoms with E-state index in [4.69, 9.17) is 30.8 Å². The lowest BCUT2D eigenvalue weighted by molar-refractivity contribution is -0.136. The molecule has 17 heteroatoms. The standard InChI is InChI=1S/C39H38ClFN6O8S/c40-28-4-2-5-30(33(28)41)55-24-11-13-39(14-12-24,22-23-3-1-6-31(44-23)45-38-43-16-20-56-38)37(52)42-15-17-53-18-19-54-25-7-8-26-27(21-25)36(51)47(35(26)50)29-9-10-32(48)46-34(29)49/h1-8,16,20-21,24,29H,9-15,17-19,22H2,(H,42,52)(H,43,44,45)(H,46,48,49). The minimum Gasteiger partial charge on any atom is -0.491 e. The molecule has 1 unspecified atom stereocenters. The minimum absolute atomic E-state index is 0.0179. The second-order valence-electron chi connectivity index (χ2n) is 13.7. The van der Waals surface area contributed by atoms with Gasteiger partial charge in [0.15, 0.2) is 16.7 Å². The maximum atomic E-state index is 14.6. The van der Waals surface area contributed by atoms with Crippen LogP contribution in [-0.4, -0.2) is 82.9 Å². The molecule has 2 aromatic carbocycles. The highest BCUT2D eigenvalue weighted by molar-refractivity contribution is 7.13. The molecule has 1 aliphatic carbocycles. The molecule has 2 aliphatic heterocycles. The number of carbonyl (C=O) groups excluding carboxylic acids is 5. The summed E-state index contributed by atoms with van der Waals surface area (Å²) in [5.74, 6) is -2.06. The number of hydrogen-bond donors (Lipinski definition) is 3. The molecular formula is C39H38ClFN6O8S. The molecule has 0 spiro atoms. The number of halogens is 2. The number of benzene rings is 2. The Morgan fingerprint density at radius 3 is 2.59 bits per heavy atom. The van der Waals surface area contributed by atoms with Crippen molar-refractivity contribution in [3.05, 3.63) is 93.8 Å². The van der Waals surface area contributed by atoms with Crippen molar-refractivity contribution in [2.75, 3.05) is 31.7 Å². The third-order valence-corrected chi connectivity index (χ3v) is 11.0. The number of nitrogens with one attached hydrogen (secondary N) is 3. The summed E-state index contributed by atoms with van der Waals surface area (Å²) in [5.41, 5.74) is 0.202. The van der Waals surface area contributed by atoms with Crippen molar-refractivity contribution in [3.63, 3.8) is 0 Å². The summed E-state index contributed by atoms with van der Waals surface area (Å²) < 4.78 is 32.1. The Morgan fingerprint density at radius 1 is 1.00 bits per heavy atom. The first-order chi connectivity index (χ1) is 27.1. The zero-order chi connectivity index (χ0) is 39.2. The number of ether oxygens (including phenoxy) is 3. The van der Waals surface area contributed by atoms with Gasteiger partial charge in [0.25, 0.3) is 11.8 Å². The van der Waals surface area contributed by atoms with Crippen LogP contribution in [0.4, 0.5) is 15.3 Å². The number of amides is 5. The maximum absolute atomic E-state index is 14.6. The van der Waals surface area contributed by atoms with Crippen molar-refractivity contribution in [2.24, 2.45) is 5.41 Å². The largest absolute Gasteiger partial charge is 0.491 e. The number of hydrogen-bond acceptors (Lipinski definition) is 12. The van der Waals surface area contributed by atoms with Gasteiger partial charge in [-0.3, -0.25) is 34.2 Å². The van der Waals surface area contributed by atoms with Gasteiger partial charge in [-0.15, -0.1) is 11.3 Å². The fraction of sp³-hybridized carbons (Fsp3) is 0.359. The molecule has 4 heterocycles. The molecule has 3 aliphatic rings. The van der Waals surface area contributed by atoms with Crippen LogP contribution in [0.2, 0.25) is 5.02 Å². The number of thiazole rings is 1. The van der Waals surface area contributed by atoms with Crippen molar-refractivity contribution in [1.29, 1.82) is 0 Å². The molecule has 2 fully saturated rings. The van der Waals surface area contributed by atoms with Crippen molar-refractivity contribution in [1.82, 2.24) is 25.5 Å². The predicted molar refractivity (Wildman–Crippen MR) is 203 cm³/mol. The van der Waals surface area contributed by atoms with E-state index in [1.54, 1.807) is 24.4 Å². The van der Waals surface area contributed by atoms with Gasteiger partial charge in [-0.2, -0.15) is 0 Å². The van der Waals surface area contributed by atoms with E-state index in [1.165, 1.54) is 29.5 Å². The molecule has 1 saturated carbocycles. The Kier molecular flexibility index (Phi) is 11.9. The number of fused-ring (bicyclic) bond motifs is 1. The van der Waals surface area contributed by atoms with Crippen LogP contribution < -0.4 is 25.4 Å². The fourth-order valence-electron chi connectivity index (χ4n) is 7.17. The van der Waals surface area contributed by atoms with Crippen molar-refractivity contribution >= 4 is 63.4 Å². The first-order valence-corrected chi connectivity index (χ1v) is 19.4. The molecule has 56 heavy (non-hydrogen) atoms. The normalized spacial score (nSPS) is 20.7. The molecule has 0 radical (unpaired) electrons. The van der Waals surface area contributed by atoms with E-state index in [9.17, 15) is 28.4 Å². The van der Waals surface area contributed by atoms with Gasteiger partial charge in [-0.1, -0.05) is 23.7 Å². The Morgan fingerprint density at radius 2 is 1.80 bits per heavy atom. The number of imide groups is 2. The zero-order valence-electron chi connectivity index (χ0n) is 30.1. The van der Waals surface area contributed by atoms with Gasteiger partial charge >= 0.3 is 0 Å². The van der Waals surface area contributed by atoms with Gasteiger partial charge in [0.05, 0.1) is 40.9 Å². The van der Waals surface area contributed by atoms with Crippen LogP contribution in [-0.2, 0) is 25.5 Å². The van der Waals surface area contributed by atoms with Crippen LogP contribution in [0, 0.1) is 11.2 Å². The predicted octanol–water partition coefficient (Wildman–Crippen LogP) is 5.24. The van der Waals surface area contributed by atoms with Crippen molar-refractivity contribution in [3.8, 4) is 11.5 Å². The van der Waals surface area contributed by atoms with Crippen LogP contribution in [0.5, 0.6) is 11.5 Å². The summed E-state index contributed by atoms with van der Waals surface area (Å²) in [6.07, 6.45) is 3.86. The summed E-state index contributed by atoms with van der Waals surface area (Å²) in [4.78, 5) is 73.8. The smallest absolute Gasteiger partial charge is 0.262 e. The molecule has 292 valence electrons. The average Bonchev–Trinajstić information content (AvgIpc) is 3.79. The van der Waals surface area contributed by atoms with Gasteiger partial charge in [-0.25, -0.2) is 14.4 Å². The Balaban J connectivity index is 0.913. The summed E-state index contributed by atoms with van der Waals surface area (Å²) in [5, 5.41) is 11.0. The number of piperidine rings is 1. The first kappa shape index (κ1) is 38.8. The topological polar surface area (TPSA) is 178 Å². The lowest BCUT2D eigenvalue weighted by Gasteiger charge is -2.39. The van der Waals surface area contributed by atoms with Gasteiger partial charge < -0.3 is 24.8 Å². The van der Waals surface area contributed by atoms with Gasteiger partial charge in [0.2, 0.25) is 17.7 Å². The summed E-state index contributed by atoms with van der Waals surface area (Å²) in [6, 6.07) is 13.7. The van der Waals surface area contributed by atoms with Crippen LogP contribution in [0.15, 0.2) is 66.2 Å². The van der Waals surface area contributed by atoms with Crippen LogP contribution >= 0.6 is 22.9 Å². The zero-order valence-corrected chi connectivity index (χ0v) is 31.6. The highest BCUT2D eigenvalue weighted by Crippen LogP contribution is 2.41. The monoisotopic (exact) mass is 804 g/mol. The Bertz CT molecular complexity index is 2130. The molecule has 1 atom stereocenters. The lowest BCUT2D eigenvalue weighted by Crippen LogP contribution is -2.54. The highest BCUT2D eigenvalue weighted by atomic mass is 35.5. The van der Waals surface area contributed by atoms with Gasteiger partial charge in [0.1, 0.15) is 24.2 Å². The first-order valence-electron chi connectivity index (χ1n) is 18.2. The SMILES string of the molecule is O=C1CCC(N2C(=O)c3ccc(OCCOCCNC(=O)C4(Cc5cccc(Nc6nccs6)n5)CCC(Oc5cccc(Cl)c5F)CC4)cc3C2=O)C(=O)N1. The number of rotatable bonds is 15. The molecule has 0 bridgehead atoms. The van der Waals surface area contributed by atoms with Crippen LogP contribution in [0.1, 0.15) is 64.9 Å². The van der Waals surface area contributed by atoms with Gasteiger partial charge in [-0.05, 0) is 74.6 Å². The van der Waals surface area contributed by atoms with E-state index in [0.29, 0.717) is 48.8 Å². The van der Waals surface area contributed by atoms with E-state index in [1.807, 2.05) is 23.6 Å². The third-order valence-electron chi connectivity index (χ3n) is 10.0. The number of anilines is 2. The molecule has 4 aromatic rings. The van der Waals surface area contributed by atoms with Crippen LogP contribution in [0.3, 0.4) is 0 Å². The molecule has 14 nitrogen and oxygen atoms in total. The summed E-state index contributed by atoms with van der Waals surface area (Å²) in [6.45, 7) is 0.740. The van der Waals surface area contributed by atoms with E-state index in [2.05, 4.69) is 20.9 Å². The van der Waals surface area contributed by atoms with E-state index >= 15 is 0 Å². The molecular weight excluding hydrogens is 767 g/mol. The molecule has 3 N–H and O–H groups in total. The maximum Gasteiger partial charge on any atom is 0.262 e. The average molecular weight is 805 g/mol. The van der Waals surface area contributed by atoms with Crippen molar-refractivity contribution < 1.29 is 42.6 Å². The molecule has 2 aromatic heterocycles. The highest BCUT2D eigenvalue weighted by Gasteiger charge is 2.45. The number of carbonyl (C=O) groups is 5. The lowest BCUT2D eigenvalue weighted by atomic mass is 9.69. The fourth-order valence-corrected chi connectivity index (χ4v) is 7.88. The summed E-state index contributed by atoms with van der Waals surface area (Å²) in [7, 11) is 0. The molecule has 7 rings (SSSR count). The van der Waals surface area contributed by atoms with Crippen LogP contribution in [0.25, 0.3) is 0 Å². The van der Waals surface area contributed by atoms with E-state index < -0.39 is 40.9 Å². The number of nitrogens with zero attached hydrogens (tertiary/aromatic N) is 3. The third kappa shape index (κ3) is 8.67.